The number of nitrogens with two attached hydrogens (primary N) is 1. The molecule has 0 unspecified atom stereocenters. The zero-order chi connectivity index (χ0) is 27.0. The number of amides is 2. The highest BCUT2D eigenvalue weighted by Crippen LogP contribution is 2.36. The molecule has 0 radical (unpaired) electrons. The standard InChI is InChI=1S/C24H18F3N9O2/c1-12-19(30-23(38)16-10-18(21(28)37)29-17-5-3-2-4-15(16)17)20(24(25,26)27)33-36(12)11-13-6-8-14(9-7-13)22-31-34-35-32-22/h2-10H,11H2,1H3,(H2,28,37)(H,30,38)(H,31,32,34,35). The molecule has 0 aliphatic heterocycles. The molecule has 3 aromatic heterocycles. The molecule has 4 N–H and O–H groups in total. The minimum atomic E-state index is -4.85. The van der Waals surface area contributed by atoms with Crippen molar-refractivity contribution in [3.8, 4) is 11.4 Å². The van der Waals surface area contributed by atoms with Crippen molar-refractivity contribution in [2.75, 3.05) is 5.32 Å². The second kappa shape index (κ2) is 9.38. The largest absolute Gasteiger partial charge is 0.437 e. The molecule has 3 heterocycles. The maximum atomic E-state index is 13.9. The van der Waals surface area contributed by atoms with Gasteiger partial charge in [-0.2, -0.15) is 23.5 Å². The number of carbonyl (C=O) groups excluding carboxylic acids is 2. The van der Waals surface area contributed by atoms with Gasteiger partial charge in [-0.1, -0.05) is 42.5 Å². The number of aromatic amines is 1. The van der Waals surface area contributed by atoms with Crippen LogP contribution in [-0.4, -0.2) is 47.2 Å². The highest BCUT2D eigenvalue weighted by Gasteiger charge is 2.39. The molecule has 0 spiro atoms. The number of hydrogen-bond acceptors (Lipinski definition) is 7. The van der Waals surface area contributed by atoms with Gasteiger partial charge in [-0.15, -0.1) is 10.2 Å². The quantitative estimate of drug-likeness (QED) is 0.309. The van der Waals surface area contributed by atoms with Crippen LogP contribution in [-0.2, 0) is 12.7 Å². The van der Waals surface area contributed by atoms with Crippen molar-refractivity contribution < 1.29 is 22.8 Å². The Morgan fingerprint density at radius 2 is 1.84 bits per heavy atom. The van der Waals surface area contributed by atoms with Gasteiger partial charge in [0, 0.05) is 10.9 Å². The number of rotatable bonds is 6. The highest BCUT2D eigenvalue weighted by atomic mass is 19.4. The zero-order valence-electron chi connectivity index (χ0n) is 19.6. The number of para-hydroxylation sites is 1. The van der Waals surface area contributed by atoms with E-state index in [-0.39, 0.29) is 23.5 Å². The average molecular weight is 521 g/mol. The summed E-state index contributed by atoms with van der Waals surface area (Å²) in [7, 11) is 0. The maximum absolute atomic E-state index is 13.9. The lowest BCUT2D eigenvalue weighted by molar-refractivity contribution is -0.140. The molecule has 5 aromatic rings. The molecular weight excluding hydrogens is 503 g/mol. The summed E-state index contributed by atoms with van der Waals surface area (Å²) in [5, 5.41) is 20.0. The fourth-order valence-electron chi connectivity index (χ4n) is 3.93. The highest BCUT2D eigenvalue weighted by molar-refractivity contribution is 6.14. The summed E-state index contributed by atoms with van der Waals surface area (Å²) in [5.41, 5.74) is 5.05. The third-order valence-corrected chi connectivity index (χ3v) is 5.82. The number of alkyl halides is 3. The summed E-state index contributed by atoms with van der Waals surface area (Å²) in [5.74, 6) is -1.38. The van der Waals surface area contributed by atoms with Gasteiger partial charge in [-0.3, -0.25) is 14.3 Å². The van der Waals surface area contributed by atoms with Crippen molar-refractivity contribution in [3.63, 3.8) is 0 Å². The van der Waals surface area contributed by atoms with Crippen molar-refractivity contribution >= 4 is 28.4 Å². The summed E-state index contributed by atoms with van der Waals surface area (Å²) < 4.78 is 43.0. The van der Waals surface area contributed by atoms with E-state index in [2.05, 4.69) is 36.0 Å². The molecule has 2 aromatic carbocycles. The smallest absolute Gasteiger partial charge is 0.364 e. The van der Waals surface area contributed by atoms with E-state index in [1.165, 1.54) is 6.92 Å². The van der Waals surface area contributed by atoms with Crippen LogP contribution >= 0.6 is 0 Å². The van der Waals surface area contributed by atoms with Gasteiger partial charge in [-0.05, 0) is 29.8 Å². The van der Waals surface area contributed by atoms with Gasteiger partial charge in [-0.25, -0.2) is 4.98 Å². The Bertz CT molecular complexity index is 1660. The number of H-pyrrole nitrogens is 1. The molecular formula is C24H18F3N9O2. The van der Waals surface area contributed by atoms with Crippen LogP contribution in [0.3, 0.4) is 0 Å². The number of hydrogen-bond donors (Lipinski definition) is 3. The molecule has 0 fully saturated rings. The summed E-state index contributed by atoms with van der Waals surface area (Å²) >= 11 is 0. The summed E-state index contributed by atoms with van der Waals surface area (Å²) in [4.78, 5) is 29.1. The first-order chi connectivity index (χ1) is 18.1. The first-order valence-electron chi connectivity index (χ1n) is 11.1. The number of carbonyl (C=O) groups is 2. The Morgan fingerprint density at radius 1 is 1.11 bits per heavy atom. The van der Waals surface area contributed by atoms with Gasteiger partial charge in [0.15, 0.2) is 5.69 Å². The molecule has 0 aliphatic rings. The van der Waals surface area contributed by atoms with Crippen LogP contribution in [0, 0.1) is 6.92 Å². The second-order valence-corrected chi connectivity index (χ2v) is 8.29. The van der Waals surface area contributed by atoms with Gasteiger partial charge in [0.2, 0.25) is 5.82 Å². The number of nitrogens with zero attached hydrogens (tertiary/aromatic N) is 6. The average Bonchev–Trinajstić information content (AvgIpc) is 3.53. The number of pyridine rings is 1. The minimum Gasteiger partial charge on any atom is -0.364 e. The number of tetrazole rings is 1. The van der Waals surface area contributed by atoms with E-state index in [0.29, 0.717) is 27.9 Å². The number of benzene rings is 2. The number of halogens is 3. The number of primary amides is 1. The lowest BCUT2D eigenvalue weighted by atomic mass is 10.1. The van der Waals surface area contributed by atoms with E-state index in [0.717, 1.165) is 10.7 Å². The SMILES string of the molecule is Cc1c(NC(=O)c2cc(C(N)=O)nc3ccccc23)c(C(F)(F)F)nn1Cc1ccc(-c2nn[nH]n2)cc1. The Hall–Kier alpha value is -5.14. The predicted molar refractivity (Wildman–Crippen MR) is 129 cm³/mol. The first kappa shape index (κ1) is 24.5. The van der Waals surface area contributed by atoms with E-state index in [1.807, 2.05) is 0 Å². The van der Waals surface area contributed by atoms with Crippen LogP contribution in [0.15, 0.2) is 54.6 Å². The molecule has 0 saturated carbocycles. The van der Waals surface area contributed by atoms with Crippen LogP contribution in [0.1, 0.15) is 37.8 Å². The Labute approximate surface area is 211 Å². The van der Waals surface area contributed by atoms with Crippen LogP contribution < -0.4 is 11.1 Å². The van der Waals surface area contributed by atoms with Gasteiger partial charge >= 0.3 is 6.18 Å². The van der Waals surface area contributed by atoms with Gasteiger partial charge in [0.05, 0.1) is 29.0 Å². The van der Waals surface area contributed by atoms with Crippen molar-refractivity contribution in [1.29, 1.82) is 0 Å². The normalized spacial score (nSPS) is 11.6. The molecule has 0 saturated heterocycles. The van der Waals surface area contributed by atoms with Gasteiger partial charge in [0.1, 0.15) is 5.69 Å². The van der Waals surface area contributed by atoms with E-state index >= 15 is 0 Å². The summed E-state index contributed by atoms with van der Waals surface area (Å²) in [6.45, 7) is 1.42. The van der Waals surface area contributed by atoms with Crippen molar-refractivity contribution in [1.82, 2.24) is 35.4 Å². The van der Waals surface area contributed by atoms with E-state index in [9.17, 15) is 22.8 Å². The molecule has 2 amide bonds. The molecule has 11 nitrogen and oxygen atoms in total. The molecule has 38 heavy (non-hydrogen) atoms. The maximum Gasteiger partial charge on any atom is 0.437 e. The lowest BCUT2D eigenvalue weighted by Crippen LogP contribution is -2.19. The molecule has 0 aliphatic carbocycles. The van der Waals surface area contributed by atoms with Crippen molar-refractivity contribution in [2.45, 2.75) is 19.6 Å². The topological polar surface area (TPSA) is 157 Å². The fraction of sp³-hybridized carbons (Fsp3) is 0.125. The zero-order valence-corrected chi connectivity index (χ0v) is 19.6. The van der Waals surface area contributed by atoms with E-state index in [1.54, 1.807) is 48.5 Å². The number of nitrogens with one attached hydrogen (secondary N) is 2. The van der Waals surface area contributed by atoms with Crippen LogP contribution in [0.2, 0.25) is 0 Å². The molecule has 192 valence electrons. The number of fused-ring (bicyclic) bond motifs is 1. The predicted octanol–water partition coefficient (Wildman–Crippen LogP) is 3.34. The van der Waals surface area contributed by atoms with Crippen LogP contribution in [0.4, 0.5) is 18.9 Å². The van der Waals surface area contributed by atoms with Gasteiger partial charge < -0.3 is 11.1 Å². The summed E-state index contributed by atoms with van der Waals surface area (Å²) in [6, 6.07) is 14.4. The Morgan fingerprint density at radius 3 is 2.50 bits per heavy atom. The Balaban J connectivity index is 1.49. The molecule has 14 heteroatoms. The number of anilines is 1. The summed E-state index contributed by atoms with van der Waals surface area (Å²) in [6.07, 6.45) is -4.85. The van der Waals surface area contributed by atoms with Crippen LogP contribution in [0.5, 0.6) is 0 Å². The number of aromatic nitrogens is 7. The minimum absolute atomic E-state index is 0.00131. The Kier molecular flexibility index (Phi) is 6.06. The third-order valence-electron chi connectivity index (χ3n) is 5.82. The third kappa shape index (κ3) is 4.66. The molecule has 0 bridgehead atoms. The lowest BCUT2D eigenvalue weighted by Gasteiger charge is -2.11. The molecule has 0 atom stereocenters. The van der Waals surface area contributed by atoms with E-state index in [4.69, 9.17) is 5.73 Å². The second-order valence-electron chi connectivity index (χ2n) is 8.29. The van der Waals surface area contributed by atoms with E-state index < -0.39 is 29.4 Å². The monoisotopic (exact) mass is 521 g/mol. The fourth-order valence-corrected chi connectivity index (χ4v) is 3.93. The first-order valence-corrected chi connectivity index (χ1v) is 11.1. The van der Waals surface area contributed by atoms with Crippen molar-refractivity contribution in [3.05, 3.63) is 82.8 Å². The van der Waals surface area contributed by atoms with Crippen LogP contribution in [0.25, 0.3) is 22.3 Å². The van der Waals surface area contributed by atoms with Crippen molar-refractivity contribution in [2.24, 2.45) is 5.73 Å². The molecule has 5 rings (SSSR count). The van der Waals surface area contributed by atoms with Gasteiger partial charge in [0.25, 0.3) is 11.8 Å².